The Morgan fingerprint density at radius 3 is 2.31 bits per heavy atom. The van der Waals surface area contributed by atoms with Crippen LogP contribution in [0.4, 0.5) is 5.69 Å². The number of halogens is 2. The van der Waals surface area contributed by atoms with Gasteiger partial charge in [0.05, 0.1) is 23.3 Å². The Hall–Kier alpha value is -1.51. The Labute approximate surface area is 218 Å². The minimum absolute atomic E-state index is 0.00809. The van der Waals surface area contributed by atoms with E-state index in [1.54, 1.807) is 0 Å². The van der Waals surface area contributed by atoms with Crippen LogP contribution in [0.15, 0.2) is 41.3 Å². The topological polar surface area (TPSA) is 76.7 Å². The summed E-state index contributed by atoms with van der Waals surface area (Å²) in [5, 5.41) is 3.97. The molecule has 1 aliphatic carbocycles. The Kier molecular flexibility index (Phi) is 8.23. The van der Waals surface area contributed by atoms with Crippen LogP contribution in [-0.4, -0.2) is 27.2 Å². The summed E-state index contributed by atoms with van der Waals surface area (Å²) in [6.07, 6.45) is 2.58. The fourth-order valence-electron chi connectivity index (χ4n) is 5.05. The molecule has 2 aromatic rings. The molecule has 4 rings (SSSR count). The zero-order chi connectivity index (χ0) is 25.3. The van der Waals surface area contributed by atoms with Crippen molar-refractivity contribution in [3.63, 3.8) is 0 Å². The predicted octanol–water partition coefficient (Wildman–Crippen LogP) is 6.64. The van der Waals surface area contributed by atoms with Crippen LogP contribution in [0.1, 0.15) is 58.7 Å². The lowest BCUT2D eigenvalue weighted by atomic mass is 9.82. The molecular formula is C26H34Cl2N2O4S. The standard InChI is InChI=1S/C26H34Cl2N2O4S/c1-15(2)23-14-33-26(29-23)22-6-5-7-24(34-20-9-16(3)8-17(4)10-20)25(22)30-35(31,32)21-12-18(27)11-19(28)13-21/h5-7,11-13,15-17,20,23,26,29-30H,8-10,14H2,1-4H3/t16-,17+,20?,23-,26?/m0/s1. The largest absolute Gasteiger partial charge is 0.488 e. The van der Waals surface area contributed by atoms with Crippen molar-refractivity contribution >= 4 is 38.9 Å². The van der Waals surface area contributed by atoms with Crippen molar-refractivity contribution < 1.29 is 17.9 Å². The molecule has 0 radical (unpaired) electrons. The quantitative estimate of drug-likeness (QED) is 0.411. The van der Waals surface area contributed by atoms with Crippen LogP contribution < -0.4 is 14.8 Å². The summed E-state index contributed by atoms with van der Waals surface area (Å²) in [5.74, 6) is 1.96. The smallest absolute Gasteiger partial charge is 0.262 e. The highest BCUT2D eigenvalue weighted by Gasteiger charge is 2.33. The van der Waals surface area contributed by atoms with E-state index in [1.165, 1.54) is 24.6 Å². The normalized spacial score (nSPS) is 27.2. The number of anilines is 1. The summed E-state index contributed by atoms with van der Waals surface area (Å²) >= 11 is 12.2. The SMILES string of the molecule is CC(C)[C@@H]1COC(c2cccc(OC3C[C@@H](C)C[C@@H](C)C3)c2NS(=O)(=O)c2cc(Cl)cc(Cl)c2)N1. The lowest BCUT2D eigenvalue weighted by Crippen LogP contribution is -2.31. The first kappa shape index (κ1) is 26.6. The first-order chi connectivity index (χ1) is 16.5. The maximum absolute atomic E-state index is 13.4. The van der Waals surface area contributed by atoms with Crippen molar-refractivity contribution in [3.05, 3.63) is 52.0 Å². The first-order valence-corrected chi connectivity index (χ1v) is 14.4. The van der Waals surface area contributed by atoms with Crippen molar-refractivity contribution in [1.29, 1.82) is 0 Å². The van der Waals surface area contributed by atoms with Gasteiger partial charge in [0.1, 0.15) is 12.0 Å². The maximum atomic E-state index is 13.4. The third-order valence-electron chi connectivity index (χ3n) is 6.77. The van der Waals surface area contributed by atoms with Gasteiger partial charge in [0.25, 0.3) is 10.0 Å². The van der Waals surface area contributed by atoms with Crippen LogP contribution in [0.25, 0.3) is 0 Å². The van der Waals surface area contributed by atoms with E-state index in [9.17, 15) is 8.42 Å². The van der Waals surface area contributed by atoms with Gasteiger partial charge >= 0.3 is 0 Å². The van der Waals surface area contributed by atoms with Gasteiger partial charge in [-0.15, -0.1) is 0 Å². The number of hydrogen-bond donors (Lipinski definition) is 2. The Morgan fingerprint density at radius 2 is 1.71 bits per heavy atom. The Balaban J connectivity index is 1.71. The molecule has 1 saturated heterocycles. The summed E-state index contributed by atoms with van der Waals surface area (Å²) in [5.41, 5.74) is 1.05. The minimum Gasteiger partial charge on any atom is -0.488 e. The molecule has 2 fully saturated rings. The molecule has 192 valence electrons. The van der Waals surface area contributed by atoms with Gasteiger partial charge in [-0.25, -0.2) is 8.42 Å². The second kappa shape index (κ2) is 10.9. The van der Waals surface area contributed by atoms with Crippen LogP contribution in [0.3, 0.4) is 0 Å². The van der Waals surface area contributed by atoms with E-state index in [-0.39, 0.29) is 27.1 Å². The number of ether oxygens (including phenoxy) is 2. The van der Waals surface area contributed by atoms with E-state index in [0.717, 1.165) is 12.8 Å². The third kappa shape index (κ3) is 6.44. The molecule has 0 aromatic heterocycles. The third-order valence-corrected chi connectivity index (χ3v) is 8.53. The molecule has 2 unspecified atom stereocenters. The van der Waals surface area contributed by atoms with E-state index in [2.05, 4.69) is 37.7 Å². The second-order valence-electron chi connectivity index (χ2n) is 10.3. The van der Waals surface area contributed by atoms with E-state index in [4.69, 9.17) is 32.7 Å². The summed E-state index contributed by atoms with van der Waals surface area (Å²) in [6, 6.07) is 9.97. The van der Waals surface area contributed by atoms with Gasteiger partial charge in [0.2, 0.25) is 0 Å². The molecular weight excluding hydrogens is 507 g/mol. The van der Waals surface area contributed by atoms with E-state index in [0.29, 0.717) is 41.4 Å². The van der Waals surface area contributed by atoms with E-state index in [1.807, 2.05) is 18.2 Å². The molecule has 35 heavy (non-hydrogen) atoms. The lowest BCUT2D eigenvalue weighted by molar-refractivity contribution is 0.0957. The number of para-hydroxylation sites is 1. The van der Waals surface area contributed by atoms with Gasteiger partial charge in [0.15, 0.2) is 0 Å². The number of sulfonamides is 1. The number of nitrogens with one attached hydrogen (secondary N) is 2. The van der Waals surface area contributed by atoms with Gasteiger partial charge < -0.3 is 9.47 Å². The average Bonchev–Trinajstić information content (AvgIpc) is 3.24. The van der Waals surface area contributed by atoms with Crippen LogP contribution in [0.5, 0.6) is 5.75 Å². The predicted molar refractivity (Wildman–Crippen MR) is 141 cm³/mol. The van der Waals surface area contributed by atoms with Gasteiger partial charge in [-0.05, 0) is 61.3 Å². The van der Waals surface area contributed by atoms with Crippen LogP contribution >= 0.6 is 23.2 Å². The number of rotatable bonds is 7. The van der Waals surface area contributed by atoms with E-state index >= 15 is 0 Å². The monoisotopic (exact) mass is 540 g/mol. The number of hydrogen-bond acceptors (Lipinski definition) is 5. The summed E-state index contributed by atoms with van der Waals surface area (Å²) in [6.45, 7) is 9.26. The first-order valence-electron chi connectivity index (χ1n) is 12.2. The fourth-order valence-corrected chi connectivity index (χ4v) is 6.88. The van der Waals surface area contributed by atoms with Crippen LogP contribution in [-0.2, 0) is 14.8 Å². The molecule has 2 N–H and O–H groups in total. The molecule has 2 aliphatic rings. The van der Waals surface area contributed by atoms with Crippen LogP contribution in [0.2, 0.25) is 10.0 Å². The zero-order valence-electron chi connectivity index (χ0n) is 20.6. The minimum atomic E-state index is -4.01. The van der Waals surface area contributed by atoms with Gasteiger partial charge in [-0.3, -0.25) is 10.0 Å². The van der Waals surface area contributed by atoms with Crippen molar-refractivity contribution in [2.24, 2.45) is 17.8 Å². The van der Waals surface area contributed by atoms with Gasteiger partial charge in [0, 0.05) is 21.7 Å². The molecule has 0 amide bonds. The Bertz CT molecular complexity index is 1130. The highest BCUT2D eigenvalue weighted by atomic mass is 35.5. The molecule has 1 aliphatic heterocycles. The fraction of sp³-hybridized carbons (Fsp3) is 0.538. The lowest BCUT2D eigenvalue weighted by Gasteiger charge is -2.32. The second-order valence-corrected chi connectivity index (χ2v) is 12.9. The Morgan fingerprint density at radius 1 is 1.06 bits per heavy atom. The molecule has 1 heterocycles. The number of benzene rings is 2. The highest BCUT2D eigenvalue weighted by molar-refractivity contribution is 7.92. The van der Waals surface area contributed by atoms with E-state index < -0.39 is 16.3 Å². The highest BCUT2D eigenvalue weighted by Crippen LogP contribution is 2.40. The summed E-state index contributed by atoms with van der Waals surface area (Å²) < 4.78 is 42.2. The van der Waals surface area contributed by atoms with Crippen LogP contribution in [0, 0.1) is 17.8 Å². The van der Waals surface area contributed by atoms with Crippen molar-refractivity contribution in [2.45, 2.75) is 70.2 Å². The van der Waals surface area contributed by atoms with Gasteiger partial charge in [-0.2, -0.15) is 0 Å². The molecule has 9 heteroatoms. The summed E-state index contributed by atoms with van der Waals surface area (Å²) in [7, 11) is -4.01. The van der Waals surface area contributed by atoms with Crippen molar-refractivity contribution in [2.75, 3.05) is 11.3 Å². The van der Waals surface area contributed by atoms with Crippen molar-refractivity contribution in [3.8, 4) is 5.75 Å². The maximum Gasteiger partial charge on any atom is 0.262 e. The average molecular weight is 542 g/mol. The molecule has 2 aromatic carbocycles. The molecule has 0 spiro atoms. The van der Waals surface area contributed by atoms with Gasteiger partial charge in [-0.1, -0.05) is 63.0 Å². The molecule has 5 atom stereocenters. The molecule has 1 saturated carbocycles. The van der Waals surface area contributed by atoms with Crippen molar-refractivity contribution in [1.82, 2.24) is 5.32 Å². The molecule has 6 nitrogen and oxygen atoms in total. The summed E-state index contributed by atoms with van der Waals surface area (Å²) in [4.78, 5) is -0.0176. The zero-order valence-corrected chi connectivity index (χ0v) is 22.9. The molecule has 0 bridgehead atoms.